The maximum Gasteiger partial charge on any atom is 0.261 e. The predicted molar refractivity (Wildman–Crippen MR) is 110 cm³/mol. The van der Waals surface area contributed by atoms with Gasteiger partial charge in [0, 0.05) is 18.5 Å². The van der Waals surface area contributed by atoms with Gasteiger partial charge in [0.2, 0.25) is 0 Å². The number of aryl methyl sites for hydroxylation is 1. The van der Waals surface area contributed by atoms with E-state index in [1.54, 1.807) is 4.57 Å². The predicted octanol–water partition coefficient (Wildman–Crippen LogP) is 3.41. The van der Waals surface area contributed by atoms with Gasteiger partial charge in [-0.3, -0.25) is 9.36 Å². The highest BCUT2D eigenvalue weighted by molar-refractivity contribution is 7.84. The summed E-state index contributed by atoms with van der Waals surface area (Å²) in [7, 11) is 0.657. The Hall–Kier alpha value is -1.53. The summed E-state index contributed by atoms with van der Waals surface area (Å²) in [6, 6.07) is 3.83. The molecule has 1 N–H and O–H groups in total. The van der Waals surface area contributed by atoms with Crippen molar-refractivity contribution in [2.45, 2.75) is 70.1 Å². The van der Waals surface area contributed by atoms with Gasteiger partial charge in [0.25, 0.3) is 5.56 Å². The minimum absolute atomic E-state index is 0.0221. The highest BCUT2D eigenvalue weighted by Crippen LogP contribution is 2.64. The standard InChI is InChI=1S/C21H29N3O2S/c1-12-7-15(13(2)23-27(26)20(3,4)5)17-16(8-12)18(25)24(6)19(22-17)21-9-14(10-21)11-21/h7-8,13-14,23H,9-11H2,1-6H3/t13-,14?,21?,27-/m1/s1. The van der Waals surface area contributed by atoms with Crippen LogP contribution in [0.5, 0.6) is 0 Å². The number of aromatic nitrogens is 2. The van der Waals surface area contributed by atoms with Crippen molar-refractivity contribution in [2.75, 3.05) is 0 Å². The fourth-order valence-electron chi connectivity index (χ4n) is 4.51. The number of nitrogens with one attached hydrogen (secondary N) is 1. The molecule has 1 aromatic carbocycles. The van der Waals surface area contributed by atoms with E-state index in [2.05, 4.69) is 10.8 Å². The molecular weight excluding hydrogens is 358 g/mol. The van der Waals surface area contributed by atoms with Crippen LogP contribution in [0.1, 0.15) is 70.0 Å². The minimum Gasteiger partial charge on any atom is -0.299 e. The zero-order chi connectivity index (χ0) is 19.7. The van der Waals surface area contributed by atoms with Crippen molar-refractivity contribution in [3.63, 3.8) is 0 Å². The fourth-order valence-corrected chi connectivity index (χ4v) is 5.31. The third-order valence-corrected chi connectivity index (χ3v) is 7.85. The molecule has 0 radical (unpaired) electrons. The largest absolute Gasteiger partial charge is 0.299 e. The quantitative estimate of drug-likeness (QED) is 0.874. The Morgan fingerprint density at radius 3 is 2.44 bits per heavy atom. The van der Waals surface area contributed by atoms with Gasteiger partial charge in [0.1, 0.15) is 5.82 Å². The van der Waals surface area contributed by atoms with E-state index >= 15 is 0 Å². The van der Waals surface area contributed by atoms with Crippen molar-refractivity contribution < 1.29 is 4.21 Å². The SMILES string of the molecule is Cc1cc([C@@H](C)N[S@](=O)C(C)(C)C)c2nc(C34CC(C3)C4)n(C)c(=O)c2c1. The van der Waals surface area contributed by atoms with E-state index in [4.69, 9.17) is 4.98 Å². The van der Waals surface area contributed by atoms with Gasteiger partial charge in [0.15, 0.2) is 0 Å². The van der Waals surface area contributed by atoms with Gasteiger partial charge < -0.3 is 0 Å². The van der Waals surface area contributed by atoms with E-state index in [1.807, 2.05) is 47.7 Å². The number of fused-ring (bicyclic) bond motifs is 1. The molecule has 2 atom stereocenters. The molecule has 3 aliphatic carbocycles. The van der Waals surface area contributed by atoms with Gasteiger partial charge in [-0.05, 0) is 77.0 Å². The van der Waals surface area contributed by atoms with Crippen LogP contribution in [0.3, 0.4) is 0 Å². The number of hydrogen-bond donors (Lipinski definition) is 1. The molecule has 1 aromatic heterocycles. The van der Waals surface area contributed by atoms with Crippen LogP contribution in [0, 0.1) is 12.8 Å². The molecule has 0 amide bonds. The molecule has 2 bridgehead atoms. The van der Waals surface area contributed by atoms with Crippen molar-refractivity contribution >= 4 is 21.9 Å². The van der Waals surface area contributed by atoms with Crippen LogP contribution in [-0.2, 0) is 23.4 Å². The Balaban J connectivity index is 1.85. The monoisotopic (exact) mass is 387 g/mol. The van der Waals surface area contributed by atoms with Gasteiger partial charge in [-0.2, -0.15) is 0 Å². The Morgan fingerprint density at radius 2 is 1.93 bits per heavy atom. The molecule has 3 aliphatic rings. The van der Waals surface area contributed by atoms with Crippen molar-refractivity contribution in [2.24, 2.45) is 13.0 Å². The second-order valence-electron chi connectivity index (χ2n) is 9.53. The van der Waals surface area contributed by atoms with Crippen molar-refractivity contribution in [3.05, 3.63) is 39.4 Å². The first-order valence-corrected chi connectivity index (χ1v) is 10.9. The molecule has 5 nitrogen and oxygen atoms in total. The van der Waals surface area contributed by atoms with Crippen molar-refractivity contribution in [1.29, 1.82) is 0 Å². The zero-order valence-electron chi connectivity index (χ0n) is 17.0. The Morgan fingerprint density at radius 1 is 1.30 bits per heavy atom. The second-order valence-corrected chi connectivity index (χ2v) is 11.5. The van der Waals surface area contributed by atoms with Crippen LogP contribution in [0.25, 0.3) is 10.9 Å². The molecule has 0 saturated heterocycles. The maximum absolute atomic E-state index is 13.1. The lowest BCUT2D eigenvalue weighted by molar-refractivity contribution is -0.0373. The first-order valence-electron chi connectivity index (χ1n) is 9.72. The smallest absolute Gasteiger partial charge is 0.261 e. The van der Waals surface area contributed by atoms with Crippen LogP contribution >= 0.6 is 0 Å². The zero-order valence-corrected chi connectivity index (χ0v) is 17.9. The summed E-state index contributed by atoms with van der Waals surface area (Å²) >= 11 is 0. The normalized spacial score (nSPS) is 26.4. The molecule has 1 heterocycles. The number of hydrogen-bond acceptors (Lipinski definition) is 3. The van der Waals surface area contributed by atoms with Crippen LogP contribution in [0.15, 0.2) is 16.9 Å². The van der Waals surface area contributed by atoms with Gasteiger partial charge in [-0.1, -0.05) is 6.07 Å². The van der Waals surface area contributed by atoms with Gasteiger partial charge >= 0.3 is 0 Å². The molecule has 0 spiro atoms. The van der Waals surface area contributed by atoms with Gasteiger partial charge in [-0.25, -0.2) is 13.9 Å². The topological polar surface area (TPSA) is 64.0 Å². The molecule has 3 fully saturated rings. The van der Waals surface area contributed by atoms with E-state index in [-0.39, 0.29) is 21.8 Å². The summed E-state index contributed by atoms with van der Waals surface area (Å²) in [5.74, 6) is 1.75. The highest BCUT2D eigenvalue weighted by Gasteiger charge is 2.59. The first-order chi connectivity index (χ1) is 12.5. The van der Waals surface area contributed by atoms with E-state index < -0.39 is 11.0 Å². The van der Waals surface area contributed by atoms with Crippen molar-refractivity contribution in [3.8, 4) is 0 Å². The van der Waals surface area contributed by atoms with Crippen LogP contribution in [0.4, 0.5) is 0 Å². The number of nitrogens with zero attached hydrogens (tertiary/aromatic N) is 2. The maximum atomic E-state index is 13.1. The lowest BCUT2D eigenvalue weighted by atomic mass is 9.44. The highest BCUT2D eigenvalue weighted by atomic mass is 32.2. The second kappa shape index (κ2) is 5.98. The molecule has 5 rings (SSSR count). The third-order valence-electron chi connectivity index (χ3n) is 6.17. The molecule has 0 unspecified atom stereocenters. The summed E-state index contributed by atoms with van der Waals surface area (Å²) in [6.07, 6.45) is 3.46. The Bertz CT molecular complexity index is 1000. The van der Waals surface area contributed by atoms with E-state index in [9.17, 15) is 9.00 Å². The molecule has 146 valence electrons. The summed E-state index contributed by atoms with van der Waals surface area (Å²) in [5, 5.41) is 0.651. The summed E-state index contributed by atoms with van der Waals surface area (Å²) in [5.41, 5.74) is 2.86. The third kappa shape index (κ3) is 2.88. The summed E-state index contributed by atoms with van der Waals surface area (Å²) in [4.78, 5) is 18.1. The average molecular weight is 388 g/mol. The Kier molecular flexibility index (Phi) is 4.17. The van der Waals surface area contributed by atoms with Crippen LogP contribution < -0.4 is 10.3 Å². The van der Waals surface area contributed by atoms with Gasteiger partial charge in [0.05, 0.1) is 26.6 Å². The van der Waals surface area contributed by atoms with Crippen molar-refractivity contribution in [1.82, 2.24) is 14.3 Å². The van der Waals surface area contributed by atoms with E-state index in [0.717, 1.165) is 47.6 Å². The van der Waals surface area contributed by atoms with Crippen LogP contribution in [-0.4, -0.2) is 18.5 Å². The first kappa shape index (κ1) is 18.8. The van der Waals surface area contributed by atoms with E-state index in [0.29, 0.717) is 5.39 Å². The lowest BCUT2D eigenvalue weighted by Gasteiger charge is -2.61. The molecular formula is C21H29N3O2S. The fraction of sp³-hybridized carbons (Fsp3) is 0.619. The minimum atomic E-state index is -1.19. The summed E-state index contributed by atoms with van der Waals surface area (Å²) in [6.45, 7) is 9.84. The number of benzene rings is 1. The Labute approximate surface area is 163 Å². The van der Waals surface area contributed by atoms with Gasteiger partial charge in [-0.15, -0.1) is 0 Å². The number of rotatable bonds is 4. The van der Waals surface area contributed by atoms with Crippen LogP contribution in [0.2, 0.25) is 0 Å². The lowest BCUT2D eigenvalue weighted by Crippen LogP contribution is -2.57. The summed E-state index contributed by atoms with van der Waals surface area (Å²) < 4.78 is 17.2. The van der Waals surface area contributed by atoms with E-state index in [1.165, 1.54) is 0 Å². The molecule has 3 saturated carbocycles. The molecule has 6 heteroatoms. The molecule has 0 aliphatic heterocycles. The molecule has 2 aromatic rings. The average Bonchev–Trinajstić information content (AvgIpc) is 2.48. The molecule has 27 heavy (non-hydrogen) atoms.